The van der Waals surface area contributed by atoms with Crippen LogP contribution in [-0.4, -0.2) is 54.8 Å². The predicted octanol–water partition coefficient (Wildman–Crippen LogP) is 0.835. The Morgan fingerprint density at radius 1 is 1.30 bits per heavy atom. The molecule has 1 amide bonds. The Labute approximate surface area is 148 Å². The van der Waals surface area contributed by atoms with Gasteiger partial charge in [0.15, 0.2) is 0 Å². The monoisotopic (exact) mass is 362 g/mol. The van der Waals surface area contributed by atoms with Crippen LogP contribution in [0.5, 0.6) is 0 Å². The fourth-order valence-electron chi connectivity index (χ4n) is 2.91. The first-order valence-corrected chi connectivity index (χ1v) is 7.62. The van der Waals surface area contributed by atoms with E-state index in [4.69, 9.17) is 0 Å². The number of halogens is 2. The minimum Gasteiger partial charge on any atom is -0.391 e. The molecule has 0 radical (unpaired) electrons. The molecule has 6 nitrogen and oxygen atoms in total. The van der Waals surface area contributed by atoms with Gasteiger partial charge in [-0.3, -0.25) is 4.79 Å². The smallest absolute Gasteiger partial charge is 0.252 e. The molecule has 0 spiro atoms. The van der Waals surface area contributed by atoms with Crippen LogP contribution in [0.1, 0.15) is 23.2 Å². The maximum atomic E-state index is 12.1. The van der Waals surface area contributed by atoms with Crippen molar-refractivity contribution in [2.45, 2.75) is 18.9 Å². The Hall–Kier alpha value is -1.08. The summed E-state index contributed by atoms with van der Waals surface area (Å²) in [7, 11) is 0. The summed E-state index contributed by atoms with van der Waals surface area (Å²) in [6, 6.07) is 3.73. The molecule has 2 atom stereocenters. The van der Waals surface area contributed by atoms with E-state index in [0.717, 1.165) is 25.5 Å². The Morgan fingerprint density at radius 3 is 2.61 bits per heavy atom. The number of nitrogens with zero attached hydrogens (tertiary/aromatic N) is 2. The first-order chi connectivity index (χ1) is 10.2. The average Bonchev–Trinajstić information content (AvgIpc) is 3.17. The summed E-state index contributed by atoms with van der Waals surface area (Å²) in [5, 5.41) is 15.7. The molecule has 2 aliphatic heterocycles. The maximum Gasteiger partial charge on any atom is 0.252 e. The minimum atomic E-state index is -0.374. The number of aromatic nitrogens is 1. The summed E-state index contributed by atoms with van der Waals surface area (Å²) in [5.41, 5.74) is 0.568. The molecule has 1 aromatic rings. The highest BCUT2D eigenvalue weighted by atomic mass is 35.5. The van der Waals surface area contributed by atoms with E-state index in [1.807, 2.05) is 12.1 Å². The van der Waals surface area contributed by atoms with Gasteiger partial charge in [0, 0.05) is 44.8 Å². The van der Waals surface area contributed by atoms with E-state index in [1.165, 1.54) is 12.8 Å². The van der Waals surface area contributed by atoms with Gasteiger partial charge in [0.25, 0.3) is 5.91 Å². The largest absolute Gasteiger partial charge is 0.391 e. The number of hydrogen-bond donors (Lipinski definition) is 3. The van der Waals surface area contributed by atoms with Crippen molar-refractivity contribution < 1.29 is 9.90 Å². The van der Waals surface area contributed by atoms with Crippen LogP contribution in [0.3, 0.4) is 0 Å². The Kier molecular flexibility index (Phi) is 8.05. The number of hydrogen-bond acceptors (Lipinski definition) is 5. The van der Waals surface area contributed by atoms with Gasteiger partial charge in [0.1, 0.15) is 5.82 Å². The molecule has 2 fully saturated rings. The van der Waals surface area contributed by atoms with Gasteiger partial charge < -0.3 is 20.6 Å². The van der Waals surface area contributed by atoms with E-state index < -0.39 is 0 Å². The fraction of sp³-hybridized carbons (Fsp3) is 0.600. The number of aliphatic hydroxyl groups excluding tert-OH is 1. The van der Waals surface area contributed by atoms with Gasteiger partial charge in [0.05, 0.1) is 11.7 Å². The Morgan fingerprint density at radius 2 is 2.04 bits per heavy atom. The summed E-state index contributed by atoms with van der Waals surface area (Å²) < 4.78 is 0. The van der Waals surface area contributed by atoms with Gasteiger partial charge >= 0.3 is 0 Å². The molecule has 8 heteroatoms. The third-order valence-corrected chi connectivity index (χ3v) is 4.27. The van der Waals surface area contributed by atoms with Crippen molar-refractivity contribution in [2.24, 2.45) is 5.92 Å². The fourth-order valence-corrected chi connectivity index (χ4v) is 2.91. The predicted molar refractivity (Wildman–Crippen MR) is 94.9 cm³/mol. The van der Waals surface area contributed by atoms with Crippen LogP contribution in [-0.2, 0) is 0 Å². The molecule has 2 unspecified atom stereocenters. The van der Waals surface area contributed by atoms with Gasteiger partial charge in [-0.25, -0.2) is 4.98 Å². The summed E-state index contributed by atoms with van der Waals surface area (Å²) >= 11 is 0. The van der Waals surface area contributed by atoms with Crippen LogP contribution in [0.25, 0.3) is 0 Å². The molecule has 2 aliphatic rings. The highest BCUT2D eigenvalue weighted by molar-refractivity contribution is 5.94. The van der Waals surface area contributed by atoms with Gasteiger partial charge in [0.2, 0.25) is 0 Å². The number of nitrogens with one attached hydrogen (secondary N) is 2. The lowest BCUT2D eigenvalue weighted by Crippen LogP contribution is -2.34. The maximum absolute atomic E-state index is 12.1. The van der Waals surface area contributed by atoms with Crippen molar-refractivity contribution in [3.63, 3.8) is 0 Å². The quantitative estimate of drug-likeness (QED) is 0.739. The molecule has 2 saturated heterocycles. The molecule has 130 valence electrons. The number of β-amino-alcohol motifs (C(OH)–C–C–N with tert-alkyl or cyclic N) is 1. The van der Waals surface area contributed by atoms with E-state index in [2.05, 4.69) is 20.5 Å². The molecule has 3 rings (SSSR count). The Bertz CT molecular complexity index is 495. The normalized spacial score (nSPS) is 23.1. The van der Waals surface area contributed by atoms with Gasteiger partial charge in [-0.05, 0) is 25.0 Å². The average molecular weight is 363 g/mol. The number of rotatable bonds is 4. The van der Waals surface area contributed by atoms with Gasteiger partial charge in [-0.1, -0.05) is 0 Å². The molecule has 0 saturated carbocycles. The molecular formula is C15H24Cl2N4O2. The van der Waals surface area contributed by atoms with Crippen LogP contribution >= 0.6 is 24.8 Å². The topological polar surface area (TPSA) is 77.5 Å². The zero-order valence-corrected chi connectivity index (χ0v) is 14.5. The summed E-state index contributed by atoms with van der Waals surface area (Å²) in [5.74, 6) is 0.903. The van der Waals surface area contributed by atoms with Crippen molar-refractivity contribution in [1.29, 1.82) is 0 Å². The van der Waals surface area contributed by atoms with E-state index in [1.54, 1.807) is 6.20 Å². The SMILES string of the molecule is Cl.Cl.O=C(NCC1CNCC1O)c1ccc(N2CCCC2)nc1. The van der Waals surface area contributed by atoms with Crippen LogP contribution in [0.4, 0.5) is 5.82 Å². The number of amides is 1. The second-order valence-corrected chi connectivity index (χ2v) is 5.79. The number of carbonyl (C=O) groups excluding carboxylic acids is 1. The third kappa shape index (κ3) is 4.94. The molecule has 1 aromatic heterocycles. The minimum absolute atomic E-state index is 0. The lowest BCUT2D eigenvalue weighted by molar-refractivity contribution is 0.0926. The van der Waals surface area contributed by atoms with Crippen LogP contribution in [0.15, 0.2) is 18.3 Å². The highest BCUT2D eigenvalue weighted by Crippen LogP contribution is 2.17. The first kappa shape index (κ1) is 20.0. The first-order valence-electron chi connectivity index (χ1n) is 7.62. The lowest BCUT2D eigenvalue weighted by Gasteiger charge is -2.17. The molecule has 0 aliphatic carbocycles. The molecular weight excluding hydrogens is 339 g/mol. The molecule has 0 aromatic carbocycles. The lowest BCUT2D eigenvalue weighted by atomic mass is 10.1. The van der Waals surface area contributed by atoms with Crippen molar-refractivity contribution >= 4 is 36.5 Å². The standard InChI is InChI=1S/C15H22N4O2.2ClH/c20-13-10-16-7-12(13)9-18-15(21)11-3-4-14(17-8-11)19-5-1-2-6-19;;/h3-4,8,12-13,16,20H,1-2,5-7,9-10H2,(H,18,21);2*1H. The number of aliphatic hydroxyl groups is 1. The highest BCUT2D eigenvalue weighted by Gasteiger charge is 2.25. The van der Waals surface area contributed by atoms with Crippen molar-refractivity contribution in [3.8, 4) is 0 Å². The van der Waals surface area contributed by atoms with Crippen LogP contribution in [0.2, 0.25) is 0 Å². The van der Waals surface area contributed by atoms with Gasteiger partial charge in [-0.2, -0.15) is 0 Å². The van der Waals surface area contributed by atoms with Crippen LogP contribution < -0.4 is 15.5 Å². The van der Waals surface area contributed by atoms with Crippen molar-refractivity contribution in [2.75, 3.05) is 37.6 Å². The second kappa shape index (κ2) is 9.27. The zero-order valence-electron chi connectivity index (χ0n) is 12.9. The van der Waals surface area contributed by atoms with E-state index >= 15 is 0 Å². The molecule has 23 heavy (non-hydrogen) atoms. The van der Waals surface area contributed by atoms with Crippen molar-refractivity contribution in [3.05, 3.63) is 23.9 Å². The van der Waals surface area contributed by atoms with E-state index in [-0.39, 0.29) is 42.7 Å². The van der Waals surface area contributed by atoms with Crippen LogP contribution in [0, 0.1) is 5.92 Å². The van der Waals surface area contributed by atoms with E-state index in [9.17, 15) is 9.90 Å². The van der Waals surface area contributed by atoms with E-state index in [0.29, 0.717) is 18.7 Å². The summed E-state index contributed by atoms with van der Waals surface area (Å²) in [4.78, 5) is 18.7. The van der Waals surface area contributed by atoms with Gasteiger partial charge in [-0.15, -0.1) is 24.8 Å². The third-order valence-electron chi connectivity index (χ3n) is 4.27. The molecule has 3 heterocycles. The number of anilines is 1. The summed E-state index contributed by atoms with van der Waals surface area (Å²) in [6.07, 6.45) is 3.68. The zero-order chi connectivity index (χ0) is 14.7. The molecule has 3 N–H and O–H groups in total. The number of carbonyl (C=O) groups is 1. The second-order valence-electron chi connectivity index (χ2n) is 5.79. The molecule has 0 bridgehead atoms. The summed E-state index contributed by atoms with van der Waals surface area (Å²) in [6.45, 7) is 3.93. The Balaban J connectivity index is 0.00000132. The van der Waals surface area contributed by atoms with Crippen molar-refractivity contribution in [1.82, 2.24) is 15.6 Å². The number of pyridine rings is 1.